The number of nitrogens with zero attached hydrogens (tertiary/aromatic N) is 2. The van der Waals surface area contributed by atoms with E-state index in [4.69, 9.17) is 11.6 Å². The highest BCUT2D eigenvalue weighted by Crippen LogP contribution is 2.14. The lowest BCUT2D eigenvalue weighted by Crippen LogP contribution is -2.17. The maximum absolute atomic E-state index is 9.35. The van der Waals surface area contributed by atoms with Gasteiger partial charge in [0.2, 0.25) is 0 Å². The first-order valence-electron chi connectivity index (χ1n) is 5.01. The van der Waals surface area contributed by atoms with Crippen LogP contribution in [-0.4, -0.2) is 28.2 Å². The molecule has 2 aromatic rings. The maximum atomic E-state index is 9.35. The number of alkyl halides is 1. The molecule has 1 heterocycles. The smallest absolute Gasteiger partial charge is 0.185 e. The summed E-state index contributed by atoms with van der Waals surface area (Å²) in [5.41, 5.74) is 1.16. The molecule has 0 aliphatic heterocycles. The van der Waals surface area contributed by atoms with Crippen LogP contribution in [0.5, 0.6) is 0 Å². The summed E-state index contributed by atoms with van der Waals surface area (Å²) in [7, 11) is 1.98. The maximum Gasteiger partial charge on any atom is 0.185 e. The van der Waals surface area contributed by atoms with Crippen LogP contribution in [0.2, 0.25) is 0 Å². The molecule has 0 amide bonds. The topological polar surface area (TPSA) is 37.5 Å². The highest BCUT2D eigenvalue weighted by atomic mass is 35.5. The predicted molar refractivity (Wildman–Crippen MR) is 68.0 cm³/mol. The first kappa shape index (κ1) is 11.6. The minimum Gasteiger partial charge on any atom is -0.390 e. The highest BCUT2D eigenvalue weighted by Gasteiger charge is 2.03. The van der Waals surface area contributed by atoms with E-state index in [1.807, 2.05) is 23.7 Å². The van der Waals surface area contributed by atoms with Crippen molar-refractivity contribution in [3.63, 3.8) is 0 Å². The van der Waals surface area contributed by atoms with Gasteiger partial charge in [0.15, 0.2) is 4.80 Å². The first-order chi connectivity index (χ1) is 7.72. The molecule has 1 aromatic carbocycles. The predicted octanol–water partition coefficient (Wildman–Crippen LogP) is 1.74. The van der Waals surface area contributed by atoms with Crippen molar-refractivity contribution in [2.24, 2.45) is 12.0 Å². The minimum absolute atomic E-state index is 0.220. The molecule has 0 spiro atoms. The summed E-state index contributed by atoms with van der Waals surface area (Å²) < 4.78 is 3.23. The van der Waals surface area contributed by atoms with Crippen molar-refractivity contribution in [2.75, 3.05) is 12.4 Å². The highest BCUT2D eigenvalue weighted by molar-refractivity contribution is 7.16. The van der Waals surface area contributed by atoms with Gasteiger partial charge < -0.3 is 9.67 Å². The Kier molecular flexibility index (Phi) is 3.63. The van der Waals surface area contributed by atoms with Crippen LogP contribution in [0.3, 0.4) is 0 Å². The Hall–Kier alpha value is -0.840. The van der Waals surface area contributed by atoms with Crippen LogP contribution < -0.4 is 4.80 Å². The van der Waals surface area contributed by atoms with Crippen molar-refractivity contribution in [2.45, 2.75) is 6.10 Å². The molecule has 16 heavy (non-hydrogen) atoms. The molecular weight excluding hydrogens is 244 g/mol. The monoisotopic (exact) mass is 256 g/mol. The van der Waals surface area contributed by atoms with E-state index < -0.39 is 6.10 Å². The summed E-state index contributed by atoms with van der Waals surface area (Å²) in [6.45, 7) is 0.351. The number of hydrogen-bond donors (Lipinski definition) is 1. The van der Waals surface area contributed by atoms with Crippen LogP contribution >= 0.6 is 22.9 Å². The molecule has 0 aliphatic carbocycles. The number of fused-ring (bicyclic) bond motifs is 1. The molecule has 1 atom stereocenters. The van der Waals surface area contributed by atoms with E-state index in [0.29, 0.717) is 6.54 Å². The number of aliphatic hydroxyl groups excluding tert-OH is 1. The van der Waals surface area contributed by atoms with Gasteiger partial charge in [-0.15, -0.1) is 11.6 Å². The van der Waals surface area contributed by atoms with Crippen molar-refractivity contribution in [1.82, 2.24) is 4.57 Å². The van der Waals surface area contributed by atoms with Gasteiger partial charge in [0.25, 0.3) is 0 Å². The second-order valence-corrected chi connectivity index (χ2v) is 4.88. The molecular formula is C11H13ClN2OS. The van der Waals surface area contributed by atoms with Gasteiger partial charge in [-0.1, -0.05) is 23.5 Å². The van der Waals surface area contributed by atoms with Gasteiger partial charge in [0.05, 0.1) is 28.7 Å². The normalized spacial score (nSPS) is 14.6. The molecule has 86 valence electrons. The number of aryl methyl sites for hydroxylation is 1. The van der Waals surface area contributed by atoms with Crippen molar-refractivity contribution in [3.8, 4) is 0 Å². The largest absolute Gasteiger partial charge is 0.390 e. The lowest BCUT2D eigenvalue weighted by atomic mass is 10.3. The summed E-state index contributed by atoms with van der Waals surface area (Å²) in [6.07, 6.45) is -0.563. The fraction of sp³-hybridized carbons (Fsp3) is 0.364. The van der Waals surface area contributed by atoms with Crippen LogP contribution in [0.15, 0.2) is 29.3 Å². The summed E-state index contributed by atoms with van der Waals surface area (Å²) in [4.78, 5) is 5.27. The van der Waals surface area contributed by atoms with E-state index in [9.17, 15) is 5.11 Å². The first-order valence-corrected chi connectivity index (χ1v) is 6.36. The van der Waals surface area contributed by atoms with E-state index in [2.05, 4.69) is 17.1 Å². The van der Waals surface area contributed by atoms with Gasteiger partial charge in [0, 0.05) is 7.05 Å². The van der Waals surface area contributed by atoms with E-state index in [-0.39, 0.29) is 5.88 Å². The van der Waals surface area contributed by atoms with Gasteiger partial charge in [0.1, 0.15) is 0 Å². The lowest BCUT2D eigenvalue weighted by molar-refractivity contribution is 0.206. The van der Waals surface area contributed by atoms with Crippen LogP contribution in [0.25, 0.3) is 10.2 Å². The SMILES string of the molecule is Cn1c(=NC[C@@H](O)CCl)sc2ccccc21. The molecule has 0 radical (unpaired) electrons. The number of thiazole rings is 1. The Morgan fingerprint density at radius 2 is 2.25 bits per heavy atom. The van der Waals surface area contributed by atoms with Crippen molar-refractivity contribution >= 4 is 33.2 Å². The number of hydrogen-bond acceptors (Lipinski definition) is 3. The Bertz CT molecular complexity index is 546. The van der Waals surface area contributed by atoms with Crippen LogP contribution in [0.4, 0.5) is 0 Å². The summed E-state index contributed by atoms with van der Waals surface area (Å²) >= 11 is 7.14. The van der Waals surface area contributed by atoms with E-state index in [0.717, 1.165) is 10.3 Å². The van der Waals surface area contributed by atoms with Crippen LogP contribution in [0.1, 0.15) is 0 Å². The Labute approximate surface area is 103 Å². The zero-order valence-electron chi connectivity index (χ0n) is 8.93. The van der Waals surface area contributed by atoms with E-state index in [1.54, 1.807) is 11.3 Å². The summed E-state index contributed by atoms with van der Waals surface area (Å²) in [5.74, 6) is 0.220. The lowest BCUT2D eigenvalue weighted by Gasteiger charge is -2.00. The number of benzene rings is 1. The number of halogens is 1. The van der Waals surface area contributed by atoms with Gasteiger partial charge in [-0.05, 0) is 12.1 Å². The van der Waals surface area contributed by atoms with E-state index >= 15 is 0 Å². The summed E-state index contributed by atoms with van der Waals surface area (Å²) in [6, 6.07) is 8.14. The zero-order valence-corrected chi connectivity index (χ0v) is 10.5. The standard InChI is InChI=1S/C11H13ClN2OS/c1-14-9-4-2-3-5-10(9)16-11(14)13-7-8(15)6-12/h2-5,8,15H,6-7H2,1H3/t8-/m0/s1. The number of aromatic nitrogens is 1. The van der Waals surface area contributed by atoms with Crippen molar-refractivity contribution < 1.29 is 5.11 Å². The van der Waals surface area contributed by atoms with Crippen LogP contribution in [-0.2, 0) is 7.05 Å². The molecule has 5 heteroatoms. The fourth-order valence-electron chi connectivity index (χ4n) is 1.46. The molecule has 1 aromatic heterocycles. The number of rotatable bonds is 3. The molecule has 0 unspecified atom stereocenters. The second kappa shape index (κ2) is 4.99. The third-order valence-electron chi connectivity index (χ3n) is 2.33. The number of para-hydroxylation sites is 1. The minimum atomic E-state index is -0.563. The molecule has 1 N–H and O–H groups in total. The molecule has 0 aliphatic rings. The second-order valence-electron chi connectivity index (χ2n) is 3.56. The molecule has 0 bridgehead atoms. The third kappa shape index (κ3) is 2.29. The van der Waals surface area contributed by atoms with Gasteiger partial charge >= 0.3 is 0 Å². The van der Waals surface area contributed by atoms with Crippen molar-refractivity contribution in [1.29, 1.82) is 0 Å². The third-order valence-corrected chi connectivity index (χ3v) is 3.84. The number of aliphatic hydroxyl groups is 1. The van der Waals surface area contributed by atoms with Crippen LogP contribution in [0, 0.1) is 0 Å². The molecule has 0 fully saturated rings. The molecule has 0 saturated carbocycles. The zero-order chi connectivity index (χ0) is 11.5. The Balaban J connectivity index is 2.41. The van der Waals surface area contributed by atoms with Gasteiger partial charge in [-0.3, -0.25) is 4.99 Å². The summed E-state index contributed by atoms with van der Waals surface area (Å²) in [5, 5.41) is 9.35. The van der Waals surface area contributed by atoms with Crippen molar-refractivity contribution in [3.05, 3.63) is 29.1 Å². The quantitative estimate of drug-likeness (QED) is 0.835. The van der Waals surface area contributed by atoms with Gasteiger partial charge in [-0.25, -0.2) is 0 Å². The molecule has 2 rings (SSSR count). The Morgan fingerprint density at radius 3 is 2.94 bits per heavy atom. The van der Waals surface area contributed by atoms with Gasteiger partial charge in [-0.2, -0.15) is 0 Å². The average molecular weight is 257 g/mol. The average Bonchev–Trinajstić information content (AvgIpc) is 2.64. The fourth-order valence-corrected chi connectivity index (χ4v) is 2.59. The molecule has 3 nitrogen and oxygen atoms in total. The van der Waals surface area contributed by atoms with E-state index in [1.165, 1.54) is 4.70 Å². The molecule has 0 saturated heterocycles. The Morgan fingerprint density at radius 1 is 1.50 bits per heavy atom.